The third-order valence-corrected chi connectivity index (χ3v) is 6.20. The van der Waals surface area contributed by atoms with Gasteiger partial charge < -0.3 is 9.32 Å². The number of benzene rings is 3. The first-order valence-corrected chi connectivity index (χ1v) is 11.5. The van der Waals surface area contributed by atoms with Gasteiger partial charge in [-0.25, -0.2) is 4.68 Å². The molecule has 0 saturated heterocycles. The van der Waals surface area contributed by atoms with Crippen LogP contribution >= 0.6 is 0 Å². The Morgan fingerprint density at radius 3 is 2.62 bits per heavy atom. The van der Waals surface area contributed by atoms with Crippen LogP contribution in [0.5, 0.6) is 0 Å². The van der Waals surface area contributed by atoms with Crippen molar-refractivity contribution in [2.24, 2.45) is 0 Å². The number of anilines is 1. The number of furan rings is 1. The SMILES string of the molecule is O=C(/C=C/c1cn(-c2ccccc2)nc1-c1cc2ccccc2o1)N1CCCc2ccccc21. The number of amides is 1. The molecule has 2 aromatic heterocycles. The topological polar surface area (TPSA) is 51.3 Å². The van der Waals surface area contributed by atoms with Crippen LogP contribution in [0, 0.1) is 0 Å². The highest BCUT2D eigenvalue weighted by molar-refractivity contribution is 6.05. The van der Waals surface area contributed by atoms with Crippen LogP contribution in [0.4, 0.5) is 5.69 Å². The fraction of sp³-hybridized carbons (Fsp3) is 0.103. The van der Waals surface area contributed by atoms with E-state index in [4.69, 9.17) is 9.52 Å². The highest BCUT2D eigenvalue weighted by atomic mass is 16.3. The number of hydrogen-bond donors (Lipinski definition) is 0. The summed E-state index contributed by atoms with van der Waals surface area (Å²) in [7, 11) is 0. The number of fused-ring (bicyclic) bond motifs is 2. The Morgan fingerprint density at radius 1 is 0.941 bits per heavy atom. The largest absolute Gasteiger partial charge is 0.454 e. The summed E-state index contributed by atoms with van der Waals surface area (Å²) in [5.74, 6) is 0.640. The van der Waals surface area contributed by atoms with Gasteiger partial charge in [0.25, 0.3) is 5.91 Å². The molecule has 5 aromatic rings. The maximum absolute atomic E-state index is 13.2. The van der Waals surface area contributed by atoms with E-state index in [1.54, 1.807) is 6.08 Å². The van der Waals surface area contributed by atoms with Crippen molar-refractivity contribution in [3.8, 4) is 17.1 Å². The van der Waals surface area contributed by atoms with Gasteiger partial charge in [-0.05, 0) is 54.8 Å². The summed E-state index contributed by atoms with van der Waals surface area (Å²) in [6.45, 7) is 0.722. The summed E-state index contributed by atoms with van der Waals surface area (Å²) in [5, 5.41) is 5.84. The van der Waals surface area contributed by atoms with Crippen LogP contribution in [-0.2, 0) is 11.2 Å². The molecule has 0 bridgehead atoms. The monoisotopic (exact) mass is 445 g/mol. The molecule has 1 aliphatic heterocycles. The predicted molar refractivity (Wildman–Crippen MR) is 135 cm³/mol. The molecule has 0 aliphatic carbocycles. The molecule has 0 saturated carbocycles. The Bertz CT molecular complexity index is 1480. The first kappa shape index (κ1) is 20.2. The summed E-state index contributed by atoms with van der Waals surface area (Å²) in [6, 6.07) is 28.0. The lowest BCUT2D eigenvalue weighted by Crippen LogP contribution is -2.34. The summed E-state index contributed by atoms with van der Waals surface area (Å²) in [6.07, 6.45) is 7.39. The van der Waals surface area contributed by atoms with Gasteiger partial charge in [0.05, 0.1) is 5.69 Å². The van der Waals surface area contributed by atoms with Gasteiger partial charge >= 0.3 is 0 Å². The lowest BCUT2D eigenvalue weighted by Gasteiger charge is -2.28. The van der Waals surface area contributed by atoms with Crippen LogP contribution in [0.15, 0.2) is 102 Å². The van der Waals surface area contributed by atoms with Crippen LogP contribution in [0.1, 0.15) is 17.5 Å². The maximum atomic E-state index is 13.2. The van der Waals surface area contributed by atoms with E-state index in [0.29, 0.717) is 11.5 Å². The van der Waals surface area contributed by atoms with Gasteiger partial charge in [0.1, 0.15) is 11.3 Å². The zero-order valence-corrected chi connectivity index (χ0v) is 18.6. The van der Waals surface area contributed by atoms with Crippen molar-refractivity contribution in [2.45, 2.75) is 12.8 Å². The van der Waals surface area contributed by atoms with Crippen molar-refractivity contribution >= 4 is 28.6 Å². The molecule has 5 nitrogen and oxygen atoms in total. The molecule has 0 unspecified atom stereocenters. The summed E-state index contributed by atoms with van der Waals surface area (Å²) in [4.78, 5) is 15.0. The molecule has 0 radical (unpaired) electrons. The van der Waals surface area contributed by atoms with E-state index in [1.165, 1.54) is 5.56 Å². The van der Waals surface area contributed by atoms with Gasteiger partial charge in [0.2, 0.25) is 0 Å². The Morgan fingerprint density at radius 2 is 1.74 bits per heavy atom. The Labute approximate surface area is 197 Å². The van der Waals surface area contributed by atoms with Crippen LogP contribution < -0.4 is 4.90 Å². The van der Waals surface area contributed by atoms with Gasteiger partial charge in [-0.3, -0.25) is 4.79 Å². The van der Waals surface area contributed by atoms with E-state index in [2.05, 4.69) is 6.07 Å². The minimum atomic E-state index is -0.0323. The molecule has 6 rings (SSSR count). The number of rotatable bonds is 4. The molecule has 0 spiro atoms. The first-order valence-electron chi connectivity index (χ1n) is 11.5. The first-order chi connectivity index (χ1) is 16.8. The number of aryl methyl sites for hydroxylation is 1. The van der Waals surface area contributed by atoms with Crippen molar-refractivity contribution in [2.75, 3.05) is 11.4 Å². The zero-order chi connectivity index (χ0) is 22.9. The highest BCUT2D eigenvalue weighted by Gasteiger charge is 2.21. The smallest absolute Gasteiger partial charge is 0.250 e. The standard InChI is InChI=1S/C29H23N3O2/c33-28(31-18-8-11-21-9-4-6-14-25(21)31)17-16-23-20-32(24-12-2-1-3-13-24)30-29(23)27-19-22-10-5-7-15-26(22)34-27/h1-7,9-10,12-17,19-20H,8,11,18H2/b17-16+. The fourth-order valence-corrected chi connectivity index (χ4v) is 4.53. The van der Waals surface area contributed by atoms with Gasteiger partial charge in [-0.15, -0.1) is 0 Å². The highest BCUT2D eigenvalue weighted by Crippen LogP contribution is 2.31. The molecule has 34 heavy (non-hydrogen) atoms. The van der Waals surface area contributed by atoms with Crippen LogP contribution in [0.25, 0.3) is 34.2 Å². The minimum Gasteiger partial charge on any atom is -0.454 e. The molecule has 1 amide bonds. The molecule has 0 fully saturated rings. The zero-order valence-electron chi connectivity index (χ0n) is 18.6. The van der Waals surface area contributed by atoms with E-state index in [0.717, 1.165) is 47.3 Å². The molecule has 3 aromatic carbocycles. The second kappa shape index (κ2) is 8.52. The number of para-hydroxylation sites is 3. The number of hydrogen-bond acceptors (Lipinski definition) is 3. The van der Waals surface area contributed by atoms with Crippen molar-refractivity contribution in [3.63, 3.8) is 0 Å². The van der Waals surface area contributed by atoms with Crippen LogP contribution in [0.3, 0.4) is 0 Å². The molecule has 1 aliphatic rings. The van der Waals surface area contributed by atoms with Crippen LogP contribution in [0.2, 0.25) is 0 Å². The summed E-state index contributed by atoms with van der Waals surface area (Å²) < 4.78 is 7.93. The van der Waals surface area contributed by atoms with Gasteiger partial charge in [0, 0.05) is 35.5 Å². The fourth-order valence-electron chi connectivity index (χ4n) is 4.53. The molecule has 3 heterocycles. The average Bonchev–Trinajstić information content (AvgIpc) is 3.52. The van der Waals surface area contributed by atoms with E-state index < -0.39 is 0 Å². The quantitative estimate of drug-likeness (QED) is 0.306. The molecular formula is C29H23N3O2. The molecule has 5 heteroatoms. The van der Waals surface area contributed by atoms with Gasteiger partial charge in [-0.2, -0.15) is 5.10 Å². The van der Waals surface area contributed by atoms with Gasteiger partial charge in [0.15, 0.2) is 5.76 Å². The van der Waals surface area contributed by atoms with E-state index in [1.807, 2.05) is 101 Å². The average molecular weight is 446 g/mol. The van der Waals surface area contributed by atoms with E-state index in [-0.39, 0.29) is 5.91 Å². The Hall–Kier alpha value is -4.38. The number of carbonyl (C=O) groups excluding carboxylic acids is 1. The van der Waals surface area contributed by atoms with E-state index >= 15 is 0 Å². The lowest BCUT2D eigenvalue weighted by molar-refractivity contribution is -0.114. The third kappa shape index (κ3) is 3.71. The second-order valence-corrected chi connectivity index (χ2v) is 8.42. The molecule has 0 atom stereocenters. The lowest BCUT2D eigenvalue weighted by atomic mass is 10.0. The normalized spacial score (nSPS) is 13.5. The Kier molecular flexibility index (Phi) is 5.07. The van der Waals surface area contributed by atoms with Crippen molar-refractivity contribution < 1.29 is 9.21 Å². The second-order valence-electron chi connectivity index (χ2n) is 8.42. The van der Waals surface area contributed by atoms with Crippen molar-refractivity contribution in [1.29, 1.82) is 0 Å². The number of carbonyl (C=O) groups is 1. The van der Waals surface area contributed by atoms with E-state index in [9.17, 15) is 4.79 Å². The maximum Gasteiger partial charge on any atom is 0.250 e. The molecule has 0 N–H and O–H groups in total. The summed E-state index contributed by atoms with van der Waals surface area (Å²) in [5.41, 5.74) is 5.49. The summed E-state index contributed by atoms with van der Waals surface area (Å²) >= 11 is 0. The number of nitrogens with zero attached hydrogens (tertiary/aromatic N) is 3. The number of aromatic nitrogens is 2. The minimum absolute atomic E-state index is 0.0323. The predicted octanol–water partition coefficient (Wildman–Crippen LogP) is 6.28. The van der Waals surface area contributed by atoms with Gasteiger partial charge in [-0.1, -0.05) is 54.6 Å². The van der Waals surface area contributed by atoms with Crippen LogP contribution in [-0.4, -0.2) is 22.2 Å². The third-order valence-electron chi connectivity index (χ3n) is 6.20. The molecular weight excluding hydrogens is 422 g/mol. The molecule has 166 valence electrons. The Balaban J connectivity index is 1.39. The van der Waals surface area contributed by atoms with Crippen molar-refractivity contribution in [1.82, 2.24) is 9.78 Å². The van der Waals surface area contributed by atoms with Crippen molar-refractivity contribution in [3.05, 3.63) is 108 Å².